The predicted molar refractivity (Wildman–Crippen MR) is 124 cm³/mol. The Hall–Kier alpha value is -3.12. The lowest BCUT2D eigenvalue weighted by Crippen LogP contribution is -2.23. The van der Waals surface area contributed by atoms with E-state index in [-0.39, 0.29) is 24.2 Å². The molecule has 166 valence electrons. The van der Waals surface area contributed by atoms with Crippen LogP contribution in [0.25, 0.3) is 11.3 Å². The second-order valence-electron chi connectivity index (χ2n) is 8.07. The van der Waals surface area contributed by atoms with Crippen molar-refractivity contribution in [2.24, 2.45) is 5.92 Å². The van der Waals surface area contributed by atoms with Crippen molar-refractivity contribution >= 4 is 29.1 Å². The molecule has 1 heterocycles. The maximum Gasteiger partial charge on any atom is 0.227 e. The third-order valence-electron chi connectivity index (χ3n) is 5.66. The van der Waals surface area contributed by atoms with Gasteiger partial charge in [-0.05, 0) is 54.8 Å². The van der Waals surface area contributed by atoms with E-state index < -0.39 is 0 Å². The molecule has 7 heteroatoms. The van der Waals surface area contributed by atoms with Crippen LogP contribution in [0.15, 0.2) is 59.1 Å². The number of halogens is 1. The number of benzene rings is 2. The highest BCUT2D eigenvalue weighted by molar-refractivity contribution is 6.30. The summed E-state index contributed by atoms with van der Waals surface area (Å²) < 4.78 is 5.74. The van der Waals surface area contributed by atoms with Crippen LogP contribution < -0.4 is 10.6 Å². The first-order valence-electron chi connectivity index (χ1n) is 10.9. The zero-order chi connectivity index (χ0) is 22.3. The summed E-state index contributed by atoms with van der Waals surface area (Å²) in [4.78, 5) is 28.9. The van der Waals surface area contributed by atoms with Crippen LogP contribution in [0.1, 0.15) is 43.6 Å². The van der Waals surface area contributed by atoms with E-state index in [1.54, 1.807) is 18.3 Å². The molecule has 4 rings (SSSR count). The number of aromatic nitrogens is 1. The maximum atomic E-state index is 12.3. The number of amides is 2. The predicted octanol–water partition coefficient (Wildman–Crippen LogP) is 5.37. The van der Waals surface area contributed by atoms with Gasteiger partial charge < -0.3 is 15.1 Å². The van der Waals surface area contributed by atoms with E-state index in [4.69, 9.17) is 16.0 Å². The first kappa shape index (κ1) is 22.1. The average Bonchev–Trinajstić information content (AvgIpc) is 3.50. The molecule has 3 aromatic rings. The molecule has 0 radical (unpaired) electrons. The fraction of sp³-hybridized carbons (Fsp3) is 0.320. The molecule has 0 unspecified atom stereocenters. The monoisotopic (exact) mass is 451 g/mol. The Kier molecular flexibility index (Phi) is 7.22. The van der Waals surface area contributed by atoms with Crippen LogP contribution in [0.3, 0.4) is 0 Å². The third-order valence-corrected chi connectivity index (χ3v) is 5.91. The summed E-state index contributed by atoms with van der Waals surface area (Å²) in [6.45, 7) is 0.396. The summed E-state index contributed by atoms with van der Waals surface area (Å²) in [6, 6.07) is 14.9. The number of aryl methyl sites for hydroxylation is 1. The molecule has 0 saturated heterocycles. The van der Waals surface area contributed by atoms with E-state index in [0.29, 0.717) is 29.6 Å². The normalized spacial score (nSPS) is 13.8. The zero-order valence-electron chi connectivity index (χ0n) is 17.8. The summed E-state index contributed by atoms with van der Waals surface area (Å²) in [6.07, 6.45) is 6.53. The van der Waals surface area contributed by atoms with Crippen LogP contribution >= 0.6 is 11.6 Å². The number of hydrogen-bond acceptors (Lipinski definition) is 4. The first-order chi connectivity index (χ1) is 15.6. The standard InChI is InChI=1S/C25H26ClN3O3/c26-20-10-8-18(9-11-20)22-16-28-24(32-22)13-12-23(30)27-15-17-4-3-7-21(14-17)29-25(31)19-5-1-2-6-19/h3-4,7-11,14,16,19H,1-2,5-6,12-13,15H2,(H,27,30)(H,29,31). The molecular formula is C25H26ClN3O3. The number of anilines is 1. The largest absolute Gasteiger partial charge is 0.441 e. The first-order valence-corrected chi connectivity index (χ1v) is 11.3. The average molecular weight is 452 g/mol. The number of nitrogens with one attached hydrogen (secondary N) is 2. The zero-order valence-corrected chi connectivity index (χ0v) is 18.5. The Morgan fingerprint density at radius 2 is 1.88 bits per heavy atom. The van der Waals surface area contributed by atoms with E-state index in [0.717, 1.165) is 42.5 Å². The second-order valence-corrected chi connectivity index (χ2v) is 8.51. The number of hydrogen-bond donors (Lipinski definition) is 2. The van der Waals surface area contributed by atoms with Crippen LogP contribution in [0.4, 0.5) is 5.69 Å². The molecule has 2 amide bonds. The molecule has 0 bridgehead atoms. The van der Waals surface area contributed by atoms with E-state index in [2.05, 4.69) is 15.6 Å². The smallest absolute Gasteiger partial charge is 0.227 e. The van der Waals surface area contributed by atoms with Gasteiger partial charge in [-0.25, -0.2) is 4.98 Å². The van der Waals surface area contributed by atoms with E-state index >= 15 is 0 Å². The lowest BCUT2D eigenvalue weighted by atomic mass is 10.1. The highest BCUT2D eigenvalue weighted by atomic mass is 35.5. The fourth-order valence-electron chi connectivity index (χ4n) is 3.87. The number of carbonyl (C=O) groups is 2. The Balaban J connectivity index is 1.24. The quantitative estimate of drug-likeness (QED) is 0.482. The summed E-state index contributed by atoms with van der Waals surface area (Å²) >= 11 is 5.91. The summed E-state index contributed by atoms with van der Waals surface area (Å²) in [5.74, 6) is 1.29. The van der Waals surface area contributed by atoms with Crippen molar-refractivity contribution in [2.75, 3.05) is 5.32 Å². The lowest BCUT2D eigenvalue weighted by molar-refractivity contribution is -0.121. The van der Waals surface area contributed by atoms with Crippen LogP contribution in [0, 0.1) is 5.92 Å². The van der Waals surface area contributed by atoms with Crippen LogP contribution in [0.5, 0.6) is 0 Å². The molecule has 0 atom stereocenters. The minimum atomic E-state index is -0.0864. The van der Waals surface area contributed by atoms with Crippen molar-refractivity contribution in [2.45, 2.75) is 45.1 Å². The van der Waals surface area contributed by atoms with Gasteiger partial charge in [0.1, 0.15) is 0 Å². The Morgan fingerprint density at radius 3 is 2.66 bits per heavy atom. The van der Waals surface area contributed by atoms with E-state index in [1.807, 2.05) is 36.4 Å². The van der Waals surface area contributed by atoms with Gasteiger partial charge in [-0.1, -0.05) is 36.6 Å². The summed E-state index contributed by atoms with van der Waals surface area (Å²) in [5, 5.41) is 6.57. The molecule has 6 nitrogen and oxygen atoms in total. The van der Waals surface area contributed by atoms with Crippen molar-refractivity contribution in [3.05, 3.63) is 71.2 Å². The van der Waals surface area contributed by atoms with Gasteiger partial charge in [0, 0.05) is 41.6 Å². The molecular weight excluding hydrogens is 426 g/mol. The summed E-state index contributed by atoms with van der Waals surface area (Å²) in [7, 11) is 0. The maximum absolute atomic E-state index is 12.3. The Labute approximate surface area is 192 Å². The Bertz CT molecular complexity index is 1070. The van der Waals surface area contributed by atoms with Crippen molar-refractivity contribution in [3.8, 4) is 11.3 Å². The van der Waals surface area contributed by atoms with Crippen molar-refractivity contribution in [1.29, 1.82) is 0 Å². The van der Waals surface area contributed by atoms with Crippen molar-refractivity contribution < 1.29 is 14.0 Å². The molecule has 1 aliphatic carbocycles. The van der Waals surface area contributed by atoms with E-state index in [9.17, 15) is 9.59 Å². The Morgan fingerprint density at radius 1 is 1.09 bits per heavy atom. The SMILES string of the molecule is O=C(CCc1ncc(-c2ccc(Cl)cc2)o1)NCc1cccc(NC(=O)C2CCCC2)c1. The number of nitrogens with zero attached hydrogens (tertiary/aromatic N) is 1. The molecule has 32 heavy (non-hydrogen) atoms. The molecule has 1 aromatic heterocycles. The van der Waals surface area contributed by atoms with Gasteiger partial charge >= 0.3 is 0 Å². The van der Waals surface area contributed by atoms with Gasteiger partial charge in [-0.2, -0.15) is 0 Å². The van der Waals surface area contributed by atoms with Gasteiger partial charge in [0.25, 0.3) is 0 Å². The summed E-state index contributed by atoms with van der Waals surface area (Å²) in [5.41, 5.74) is 2.59. The molecule has 2 aromatic carbocycles. The topological polar surface area (TPSA) is 84.2 Å². The highest BCUT2D eigenvalue weighted by Gasteiger charge is 2.22. The van der Waals surface area contributed by atoms with Gasteiger partial charge in [-0.3, -0.25) is 9.59 Å². The fourth-order valence-corrected chi connectivity index (χ4v) is 4.00. The third kappa shape index (κ3) is 5.98. The van der Waals surface area contributed by atoms with E-state index in [1.165, 1.54) is 0 Å². The van der Waals surface area contributed by atoms with Crippen LogP contribution in [0.2, 0.25) is 5.02 Å². The van der Waals surface area contributed by atoms with Crippen LogP contribution in [-0.4, -0.2) is 16.8 Å². The van der Waals surface area contributed by atoms with Crippen molar-refractivity contribution in [1.82, 2.24) is 10.3 Å². The molecule has 1 saturated carbocycles. The van der Waals surface area contributed by atoms with Gasteiger partial charge in [-0.15, -0.1) is 0 Å². The molecule has 0 aliphatic heterocycles. The number of oxazole rings is 1. The lowest BCUT2D eigenvalue weighted by Gasteiger charge is -2.12. The second kappa shape index (κ2) is 10.5. The van der Waals surface area contributed by atoms with Gasteiger partial charge in [0.15, 0.2) is 11.7 Å². The molecule has 1 fully saturated rings. The van der Waals surface area contributed by atoms with Gasteiger partial charge in [0.2, 0.25) is 11.8 Å². The number of rotatable bonds is 8. The molecule has 0 spiro atoms. The highest BCUT2D eigenvalue weighted by Crippen LogP contribution is 2.26. The van der Waals surface area contributed by atoms with Crippen LogP contribution in [-0.2, 0) is 22.6 Å². The number of carbonyl (C=O) groups excluding carboxylic acids is 2. The minimum absolute atomic E-state index is 0.0864. The van der Waals surface area contributed by atoms with Crippen molar-refractivity contribution in [3.63, 3.8) is 0 Å². The minimum Gasteiger partial charge on any atom is -0.441 e. The molecule has 2 N–H and O–H groups in total. The molecule has 1 aliphatic rings. The van der Waals surface area contributed by atoms with Gasteiger partial charge in [0.05, 0.1) is 6.20 Å².